The molecule has 0 spiro atoms. The van der Waals surface area contributed by atoms with Crippen LogP contribution in [0.5, 0.6) is 0 Å². The predicted octanol–water partition coefficient (Wildman–Crippen LogP) is 1.84. The Kier molecular flexibility index (Phi) is 3.65. The van der Waals surface area contributed by atoms with E-state index in [-0.39, 0.29) is 5.91 Å². The Morgan fingerprint density at radius 2 is 2.04 bits per heavy atom. The summed E-state index contributed by atoms with van der Waals surface area (Å²) in [5, 5.41) is 0. The zero-order valence-corrected chi connectivity index (χ0v) is 15.8. The van der Waals surface area contributed by atoms with Crippen LogP contribution in [-0.4, -0.2) is 54.5 Å². The summed E-state index contributed by atoms with van der Waals surface area (Å²) in [6.45, 7) is 2.89. The highest BCUT2D eigenvalue weighted by Gasteiger charge is 2.52. The van der Waals surface area contributed by atoms with Crippen LogP contribution in [0.1, 0.15) is 26.2 Å². The first kappa shape index (κ1) is 16.8. The van der Waals surface area contributed by atoms with Gasteiger partial charge in [0.15, 0.2) is 11.6 Å². The van der Waals surface area contributed by atoms with Gasteiger partial charge in [-0.3, -0.25) is 14.3 Å². The van der Waals surface area contributed by atoms with E-state index in [1.54, 1.807) is 53.7 Å². The standard InChI is InChI=1S/C19H20N8O/c1-3-19-5-4-9-27(19)16-14(25(2)17(19)28)12-23-18(24-16)26-10-8-22-15(26)13-11-20-6-7-21-13/h6-8,10-12H,3-5,9H2,1-2H3/t19-/m0/s1. The zero-order chi connectivity index (χ0) is 19.3. The molecule has 28 heavy (non-hydrogen) atoms. The average Bonchev–Trinajstić information content (AvgIpc) is 3.40. The number of carbonyl (C=O) groups is 1. The molecule has 0 aliphatic carbocycles. The first-order valence-corrected chi connectivity index (χ1v) is 9.38. The molecule has 0 saturated carbocycles. The Morgan fingerprint density at radius 3 is 2.82 bits per heavy atom. The average molecular weight is 376 g/mol. The summed E-state index contributed by atoms with van der Waals surface area (Å²) in [6, 6.07) is 0. The van der Waals surface area contributed by atoms with E-state index < -0.39 is 5.54 Å². The third-order valence-electron chi connectivity index (χ3n) is 5.78. The summed E-state index contributed by atoms with van der Waals surface area (Å²) in [7, 11) is 1.81. The van der Waals surface area contributed by atoms with Crippen LogP contribution >= 0.6 is 0 Å². The van der Waals surface area contributed by atoms with E-state index in [0.29, 0.717) is 17.5 Å². The van der Waals surface area contributed by atoms with E-state index in [1.807, 2.05) is 0 Å². The molecule has 0 bridgehead atoms. The summed E-state index contributed by atoms with van der Waals surface area (Å²) in [5.74, 6) is 2.04. The number of rotatable bonds is 3. The van der Waals surface area contributed by atoms with E-state index in [0.717, 1.165) is 37.3 Å². The topological polar surface area (TPSA) is 92.9 Å². The predicted molar refractivity (Wildman–Crippen MR) is 103 cm³/mol. The minimum Gasteiger partial charge on any atom is -0.340 e. The largest absolute Gasteiger partial charge is 0.340 e. The maximum Gasteiger partial charge on any atom is 0.252 e. The lowest BCUT2D eigenvalue weighted by molar-refractivity contribution is -0.123. The minimum absolute atomic E-state index is 0.124. The molecule has 1 fully saturated rings. The van der Waals surface area contributed by atoms with E-state index in [2.05, 4.69) is 31.8 Å². The Labute approximate surface area is 162 Å². The molecule has 1 saturated heterocycles. The molecule has 3 aromatic heterocycles. The number of anilines is 2. The SMILES string of the molecule is CC[C@@]12CCCN1c1nc(-n3ccnc3-c3cnccn3)ncc1N(C)C2=O. The number of likely N-dealkylation sites (N-methyl/N-ethyl adjacent to an activating group) is 1. The van der Waals surface area contributed by atoms with Crippen molar-refractivity contribution in [1.29, 1.82) is 0 Å². The van der Waals surface area contributed by atoms with Crippen LogP contribution in [0, 0.1) is 0 Å². The van der Waals surface area contributed by atoms with Crippen molar-refractivity contribution >= 4 is 17.4 Å². The van der Waals surface area contributed by atoms with Gasteiger partial charge in [-0.1, -0.05) is 6.92 Å². The summed E-state index contributed by atoms with van der Waals surface area (Å²) in [5.41, 5.74) is 0.877. The fourth-order valence-corrected chi connectivity index (χ4v) is 4.33. The maximum atomic E-state index is 13.1. The summed E-state index contributed by atoms with van der Waals surface area (Å²) in [4.78, 5) is 39.1. The van der Waals surface area contributed by atoms with Crippen molar-refractivity contribution in [3.8, 4) is 17.5 Å². The molecule has 9 heteroatoms. The van der Waals surface area contributed by atoms with Gasteiger partial charge in [0.2, 0.25) is 5.95 Å². The third-order valence-corrected chi connectivity index (χ3v) is 5.78. The molecule has 142 valence electrons. The Bertz CT molecular complexity index is 1050. The van der Waals surface area contributed by atoms with Crippen molar-refractivity contribution in [3.63, 3.8) is 0 Å². The highest BCUT2D eigenvalue weighted by Crippen LogP contribution is 2.45. The molecular weight excluding hydrogens is 356 g/mol. The van der Waals surface area contributed by atoms with E-state index in [4.69, 9.17) is 4.98 Å². The lowest BCUT2D eigenvalue weighted by atomic mass is 9.89. The van der Waals surface area contributed by atoms with Crippen LogP contribution < -0.4 is 9.80 Å². The molecule has 2 aliphatic rings. The number of hydrogen-bond donors (Lipinski definition) is 0. The normalized spacial score (nSPS) is 21.0. The molecule has 2 aliphatic heterocycles. The third kappa shape index (κ3) is 2.19. The molecule has 3 aromatic rings. The first-order chi connectivity index (χ1) is 13.7. The van der Waals surface area contributed by atoms with Crippen molar-refractivity contribution in [3.05, 3.63) is 37.2 Å². The number of carbonyl (C=O) groups excluding carboxylic acids is 1. The van der Waals surface area contributed by atoms with Gasteiger partial charge >= 0.3 is 0 Å². The van der Waals surface area contributed by atoms with Crippen molar-refractivity contribution in [2.75, 3.05) is 23.4 Å². The zero-order valence-electron chi connectivity index (χ0n) is 15.8. The number of aromatic nitrogens is 6. The number of fused-ring (bicyclic) bond motifs is 3. The quantitative estimate of drug-likeness (QED) is 0.688. The second-order valence-corrected chi connectivity index (χ2v) is 7.09. The summed E-state index contributed by atoms with van der Waals surface area (Å²) in [6.07, 6.45) is 12.7. The van der Waals surface area contributed by atoms with Crippen molar-refractivity contribution in [2.24, 2.45) is 0 Å². The lowest BCUT2D eigenvalue weighted by Crippen LogP contribution is -2.59. The van der Waals surface area contributed by atoms with Gasteiger partial charge in [-0.2, -0.15) is 4.98 Å². The molecule has 1 atom stereocenters. The van der Waals surface area contributed by atoms with E-state index >= 15 is 0 Å². The van der Waals surface area contributed by atoms with Crippen LogP contribution in [0.15, 0.2) is 37.2 Å². The van der Waals surface area contributed by atoms with E-state index in [1.165, 1.54) is 0 Å². The maximum absolute atomic E-state index is 13.1. The second-order valence-electron chi connectivity index (χ2n) is 7.09. The second kappa shape index (κ2) is 6.08. The van der Waals surface area contributed by atoms with Gasteiger partial charge in [0.05, 0.1) is 12.4 Å². The molecule has 0 N–H and O–H groups in total. The molecule has 1 amide bonds. The fraction of sp³-hybridized carbons (Fsp3) is 0.368. The molecule has 0 unspecified atom stereocenters. The molecule has 0 radical (unpaired) electrons. The number of amides is 1. The van der Waals surface area contributed by atoms with Gasteiger partial charge < -0.3 is 9.80 Å². The van der Waals surface area contributed by atoms with Gasteiger partial charge in [-0.25, -0.2) is 15.0 Å². The van der Waals surface area contributed by atoms with Crippen molar-refractivity contribution < 1.29 is 4.79 Å². The number of hydrogen-bond acceptors (Lipinski definition) is 7. The van der Waals surface area contributed by atoms with Crippen LogP contribution in [0.4, 0.5) is 11.5 Å². The smallest absolute Gasteiger partial charge is 0.252 e. The van der Waals surface area contributed by atoms with Gasteiger partial charge in [0, 0.05) is 38.4 Å². The molecule has 9 nitrogen and oxygen atoms in total. The summed E-state index contributed by atoms with van der Waals surface area (Å²) >= 11 is 0. The Morgan fingerprint density at radius 1 is 1.14 bits per heavy atom. The Balaban J connectivity index is 1.65. The van der Waals surface area contributed by atoms with Gasteiger partial charge in [0.1, 0.15) is 16.9 Å². The Hall–Kier alpha value is -3.36. The van der Waals surface area contributed by atoms with Crippen molar-refractivity contribution in [2.45, 2.75) is 31.7 Å². The van der Waals surface area contributed by atoms with Gasteiger partial charge in [0.25, 0.3) is 5.91 Å². The molecule has 0 aromatic carbocycles. The summed E-state index contributed by atoms with van der Waals surface area (Å²) < 4.78 is 1.80. The molecule has 5 rings (SSSR count). The highest BCUT2D eigenvalue weighted by molar-refractivity contribution is 6.07. The number of imidazole rings is 1. The van der Waals surface area contributed by atoms with Gasteiger partial charge in [-0.15, -0.1) is 0 Å². The molecule has 5 heterocycles. The lowest BCUT2D eigenvalue weighted by Gasteiger charge is -2.45. The monoisotopic (exact) mass is 376 g/mol. The van der Waals surface area contributed by atoms with Crippen LogP contribution in [0.25, 0.3) is 17.5 Å². The van der Waals surface area contributed by atoms with Gasteiger partial charge in [-0.05, 0) is 19.3 Å². The first-order valence-electron chi connectivity index (χ1n) is 9.38. The number of nitrogens with zero attached hydrogens (tertiary/aromatic N) is 8. The molecular formula is C19H20N8O. The fourth-order valence-electron chi connectivity index (χ4n) is 4.33. The van der Waals surface area contributed by atoms with Crippen LogP contribution in [-0.2, 0) is 4.79 Å². The van der Waals surface area contributed by atoms with E-state index in [9.17, 15) is 4.79 Å². The van der Waals surface area contributed by atoms with Crippen LogP contribution in [0.3, 0.4) is 0 Å². The minimum atomic E-state index is -0.504. The van der Waals surface area contributed by atoms with Crippen molar-refractivity contribution in [1.82, 2.24) is 29.5 Å². The highest BCUT2D eigenvalue weighted by atomic mass is 16.2. The van der Waals surface area contributed by atoms with Crippen LogP contribution in [0.2, 0.25) is 0 Å².